The summed E-state index contributed by atoms with van der Waals surface area (Å²) in [4.78, 5) is 15.0. The molecule has 0 radical (unpaired) electrons. The first kappa shape index (κ1) is 8.27. The van der Waals surface area contributed by atoms with Crippen LogP contribution in [0.15, 0.2) is 11.4 Å². The van der Waals surface area contributed by atoms with Gasteiger partial charge in [0.1, 0.15) is 5.41 Å². The highest BCUT2D eigenvalue weighted by Gasteiger charge is 2.52. The van der Waals surface area contributed by atoms with E-state index in [1.54, 1.807) is 11.4 Å². The largest absolute Gasteiger partial charge is 0.481 e. The van der Waals surface area contributed by atoms with Crippen LogP contribution in [-0.4, -0.2) is 11.1 Å². The van der Waals surface area contributed by atoms with Gasteiger partial charge >= 0.3 is 5.97 Å². The smallest absolute Gasteiger partial charge is 0.314 e. The summed E-state index contributed by atoms with van der Waals surface area (Å²) in [7, 11) is 0. The van der Waals surface area contributed by atoms with Crippen molar-refractivity contribution >= 4 is 23.0 Å². The SMILES string of the molecule is [C-]#[N+]c1csc(C2(C(=O)O)CC2)c1. The van der Waals surface area contributed by atoms with Crippen molar-refractivity contribution in [1.82, 2.24) is 0 Å². The van der Waals surface area contributed by atoms with Gasteiger partial charge in [-0.1, -0.05) is 0 Å². The Morgan fingerprint density at radius 3 is 2.77 bits per heavy atom. The second-order valence-corrected chi connectivity index (χ2v) is 4.08. The molecule has 0 spiro atoms. The van der Waals surface area contributed by atoms with Crippen LogP contribution in [0.2, 0.25) is 0 Å². The molecule has 1 aliphatic rings. The number of hydrogen-bond acceptors (Lipinski definition) is 2. The third-order valence-corrected chi connectivity index (χ3v) is 3.47. The number of rotatable bonds is 2. The number of hydrogen-bond donors (Lipinski definition) is 1. The third kappa shape index (κ3) is 1.12. The Morgan fingerprint density at radius 1 is 1.69 bits per heavy atom. The molecule has 0 bridgehead atoms. The molecule has 0 atom stereocenters. The second kappa shape index (κ2) is 2.57. The highest BCUT2D eigenvalue weighted by Crippen LogP contribution is 2.51. The molecule has 2 rings (SSSR count). The summed E-state index contributed by atoms with van der Waals surface area (Å²) >= 11 is 1.38. The van der Waals surface area contributed by atoms with Crippen molar-refractivity contribution in [3.63, 3.8) is 0 Å². The molecular weight excluding hydrogens is 186 g/mol. The molecule has 1 fully saturated rings. The normalized spacial score (nSPS) is 17.8. The van der Waals surface area contributed by atoms with E-state index in [9.17, 15) is 4.79 Å². The van der Waals surface area contributed by atoms with Crippen LogP contribution in [0.5, 0.6) is 0 Å². The zero-order valence-corrected chi connectivity index (χ0v) is 7.60. The highest BCUT2D eigenvalue weighted by molar-refractivity contribution is 7.10. The van der Waals surface area contributed by atoms with Crippen molar-refractivity contribution in [1.29, 1.82) is 0 Å². The Labute approximate surface area is 79.4 Å². The van der Waals surface area contributed by atoms with Crippen LogP contribution in [0, 0.1) is 6.57 Å². The summed E-state index contributed by atoms with van der Waals surface area (Å²) in [6.07, 6.45) is 1.42. The molecule has 1 heterocycles. The summed E-state index contributed by atoms with van der Waals surface area (Å²) in [6, 6.07) is 1.69. The van der Waals surface area contributed by atoms with Crippen LogP contribution in [-0.2, 0) is 10.2 Å². The maximum absolute atomic E-state index is 10.9. The fourth-order valence-electron chi connectivity index (χ4n) is 1.33. The van der Waals surface area contributed by atoms with E-state index in [2.05, 4.69) is 4.85 Å². The van der Waals surface area contributed by atoms with Crippen LogP contribution in [0.1, 0.15) is 17.7 Å². The fourth-order valence-corrected chi connectivity index (χ4v) is 2.40. The lowest BCUT2D eigenvalue weighted by Gasteiger charge is -2.04. The third-order valence-electron chi connectivity index (χ3n) is 2.35. The Hall–Kier alpha value is -1.34. The summed E-state index contributed by atoms with van der Waals surface area (Å²) in [6.45, 7) is 6.77. The lowest BCUT2D eigenvalue weighted by atomic mass is 10.1. The first-order valence-corrected chi connectivity index (χ1v) is 4.77. The molecule has 0 amide bonds. The molecule has 1 N–H and O–H groups in total. The van der Waals surface area contributed by atoms with Gasteiger partial charge in [0.2, 0.25) is 0 Å². The Balaban J connectivity index is 2.37. The monoisotopic (exact) mass is 193 g/mol. The number of nitrogens with zero attached hydrogens (tertiary/aromatic N) is 1. The van der Waals surface area contributed by atoms with Gasteiger partial charge in [0.15, 0.2) is 5.69 Å². The predicted octanol–water partition coefficient (Wildman–Crippen LogP) is 2.42. The van der Waals surface area contributed by atoms with E-state index < -0.39 is 11.4 Å². The second-order valence-electron chi connectivity index (χ2n) is 3.17. The first-order valence-electron chi connectivity index (χ1n) is 3.89. The first-order chi connectivity index (χ1) is 6.19. The quantitative estimate of drug-likeness (QED) is 0.733. The van der Waals surface area contributed by atoms with E-state index in [4.69, 9.17) is 11.7 Å². The molecule has 1 aromatic rings. The molecule has 1 saturated carbocycles. The average molecular weight is 193 g/mol. The molecular formula is C9H7NO2S. The van der Waals surface area contributed by atoms with Gasteiger partial charge in [-0.3, -0.25) is 4.79 Å². The molecule has 0 saturated heterocycles. The van der Waals surface area contributed by atoms with E-state index in [-0.39, 0.29) is 0 Å². The van der Waals surface area contributed by atoms with Crippen molar-refractivity contribution in [2.75, 3.05) is 0 Å². The Bertz CT molecular complexity index is 398. The van der Waals surface area contributed by atoms with E-state index in [1.165, 1.54) is 11.3 Å². The van der Waals surface area contributed by atoms with E-state index in [0.29, 0.717) is 18.5 Å². The number of aliphatic carboxylic acids is 1. The summed E-state index contributed by atoms with van der Waals surface area (Å²) in [5.41, 5.74) is -0.0966. The zero-order chi connectivity index (χ0) is 9.47. The lowest BCUT2D eigenvalue weighted by molar-refractivity contribution is -0.139. The molecule has 3 nitrogen and oxygen atoms in total. The zero-order valence-electron chi connectivity index (χ0n) is 6.78. The topological polar surface area (TPSA) is 41.7 Å². The Morgan fingerprint density at radius 2 is 2.38 bits per heavy atom. The number of carboxylic acid groups (broad SMARTS) is 1. The van der Waals surface area contributed by atoms with Crippen LogP contribution in [0.4, 0.5) is 5.69 Å². The van der Waals surface area contributed by atoms with Crippen LogP contribution in [0.3, 0.4) is 0 Å². The maximum Gasteiger partial charge on any atom is 0.314 e. The average Bonchev–Trinajstić information content (AvgIpc) is 2.79. The predicted molar refractivity (Wildman–Crippen MR) is 49.1 cm³/mol. The fraction of sp³-hybridized carbons (Fsp3) is 0.333. The molecule has 4 heteroatoms. The van der Waals surface area contributed by atoms with Crippen molar-refractivity contribution in [2.24, 2.45) is 0 Å². The number of carboxylic acids is 1. The van der Waals surface area contributed by atoms with Gasteiger partial charge in [0.25, 0.3) is 0 Å². The van der Waals surface area contributed by atoms with E-state index >= 15 is 0 Å². The van der Waals surface area contributed by atoms with Crippen molar-refractivity contribution in [3.8, 4) is 0 Å². The summed E-state index contributed by atoms with van der Waals surface area (Å²) in [5.74, 6) is -0.758. The number of thiophene rings is 1. The molecule has 0 aliphatic heterocycles. The van der Waals surface area contributed by atoms with Crippen molar-refractivity contribution in [3.05, 3.63) is 27.7 Å². The van der Waals surface area contributed by atoms with Crippen LogP contribution < -0.4 is 0 Å². The van der Waals surface area contributed by atoms with Gasteiger partial charge < -0.3 is 5.11 Å². The molecule has 66 valence electrons. The van der Waals surface area contributed by atoms with Crippen molar-refractivity contribution in [2.45, 2.75) is 18.3 Å². The van der Waals surface area contributed by atoms with Gasteiger partial charge in [0.05, 0.1) is 6.57 Å². The van der Waals surface area contributed by atoms with Gasteiger partial charge in [-0.05, 0) is 24.3 Å². The highest BCUT2D eigenvalue weighted by atomic mass is 32.1. The van der Waals surface area contributed by atoms with Crippen LogP contribution in [0.25, 0.3) is 4.85 Å². The minimum absolute atomic E-state index is 0.549. The van der Waals surface area contributed by atoms with Crippen LogP contribution >= 0.6 is 11.3 Å². The van der Waals surface area contributed by atoms with Gasteiger partial charge in [0, 0.05) is 4.88 Å². The van der Waals surface area contributed by atoms with Gasteiger partial charge in [-0.25, -0.2) is 4.85 Å². The molecule has 13 heavy (non-hydrogen) atoms. The summed E-state index contributed by atoms with van der Waals surface area (Å²) in [5, 5.41) is 10.7. The number of carbonyl (C=O) groups is 1. The minimum atomic E-state index is -0.758. The summed E-state index contributed by atoms with van der Waals surface area (Å²) < 4.78 is 0. The standard InChI is InChI=1S/C9H7NO2S/c1-10-6-4-7(13-5-6)9(2-3-9)8(11)12/h4-5H,2-3H2,(H,11,12). The molecule has 1 aliphatic carbocycles. The maximum atomic E-state index is 10.9. The van der Waals surface area contributed by atoms with Gasteiger partial charge in [-0.2, -0.15) is 11.3 Å². The lowest BCUT2D eigenvalue weighted by Crippen LogP contribution is -2.17. The molecule has 1 aromatic heterocycles. The van der Waals surface area contributed by atoms with E-state index in [0.717, 1.165) is 4.88 Å². The van der Waals surface area contributed by atoms with E-state index in [1.807, 2.05) is 0 Å². The minimum Gasteiger partial charge on any atom is -0.481 e. The van der Waals surface area contributed by atoms with Crippen molar-refractivity contribution < 1.29 is 9.90 Å². The van der Waals surface area contributed by atoms with Gasteiger partial charge in [-0.15, -0.1) is 0 Å². The Kier molecular flexibility index (Phi) is 1.64. The molecule has 0 aromatic carbocycles. The molecule has 0 unspecified atom stereocenters.